The van der Waals surface area contributed by atoms with E-state index in [9.17, 15) is 0 Å². The molecule has 0 saturated heterocycles. The molecule has 0 unspecified atom stereocenters. The number of nitrogens with zero attached hydrogens (tertiary/aromatic N) is 5. The van der Waals surface area contributed by atoms with E-state index in [2.05, 4.69) is 222 Å². The van der Waals surface area contributed by atoms with Crippen molar-refractivity contribution in [2.24, 2.45) is 0 Å². The van der Waals surface area contributed by atoms with Gasteiger partial charge in [-0.3, -0.25) is 9.88 Å². The molecule has 61 heavy (non-hydrogen) atoms. The van der Waals surface area contributed by atoms with E-state index in [1.165, 1.54) is 49.6 Å². The molecule has 0 aliphatic carbocycles. The monoisotopic (exact) mass is 783 g/mol. The maximum absolute atomic E-state index is 5.33. The molecule has 3 aromatic heterocycles. The van der Waals surface area contributed by atoms with Crippen molar-refractivity contribution in [3.05, 3.63) is 246 Å². The van der Waals surface area contributed by atoms with Crippen molar-refractivity contribution in [3.63, 3.8) is 0 Å². The van der Waals surface area contributed by atoms with Gasteiger partial charge in [-0.05, 0) is 94.0 Å². The quantitative estimate of drug-likeness (QED) is 0.174. The molecule has 5 nitrogen and oxygen atoms in total. The van der Waals surface area contributed by atoms with Gasteiger partial charge in [0.15, 0.2) is 0 Å². The van der Waals surface area contributed by atoms with Gasteiger partial charge in [0.05, 0.1) is 57.3 Å². The van der Waals surface area contributed by atoms with Crippen LogP contribution in [0, 0.1) is 0 Å². The molecule has 5 heteroatoms. The highest BCUT2D eigenvalue weighted by Gasteiger charge is 2.47. The molecule has 0 spiro atoms. The first kappa shape index (κ1) is 35.2. The molecule has 2 aliphatic heterocycles. The van der Waals surface area contributed by atoms with Crippen molar-refractivity contribution < 1.29 is 0 Å². The van der Waals surface area contributed by atoms with Crippen LogP contribution in [-0.4, -0.2) is 14.5 Å². The fraction of sp³-hybridized carbons (Fsp3) is 0.0714. The predicted molar refractivity (Wildman–Crippen MR) is 250 cm³/mol. The van der Waals surface area contributed by atoms with Crippen molar-refractivity contribution in [2.75, 3.05) is 9.80 Å². The predicted octanol–water partition coefficient (Wildman–Crippen LogP) is 13.8. The molecule has 5 heterocycles. The molecule has 0 fully saturated rings. The summed E-state index contributed by atoms with van der Waals surface area (Å²) in [5.41, 5.74) is 15.4. The lowest BCUT2D eigenvalue weighted by atomic mass is 9.63. The van der Waals surface area contributed by atoms with Crippen molar-refractivity contribution in [1.82, 2.24) is 14.5 Å². The summed E-state index contributed by atoms with van der Waals surface area (Å²) in [6, 6.07) is 70.3. The third-order valence-corrected chi connectivity index (χ3v) is 13.2. The van der Waals surface area contributed by atoms with Crippen LogP contribution in [0.1, 0.15) is 47.2 Å². The van der Waals surface area contributed by atoms with E-state index in [-0.39, 0.29) is 5.41 Å². The second kappa shape index (κ2) is 13.4. The highest BCUT2D eigenvalue weighted by molar-refractivity contribution is 6.09. The molecule has 7 aromatic carbocycles. The molecule has 0 atom stereocenters. The molecule has 0 bridgehead atoms. The van der Waals surface area contributed by atoms with Crippen LogP contribution in [-0.2, 0) is 10.8 Å². The van der Waals surface area contributed by atoms with Gasteiger partial charge in [0.25, 0.3) is 0 Å². The molecule has 12 rings (SSSR count). The summed E-state index contributed by atoms with van der Waals surface area (Å²) >= 11 is 0. The van der Waals surface area contributed by atoms with Gasteiger partial charge in [-0.15, -0.1) is 0 Å². The van der Waals surface area contributed by atoms with Crippen LogP contribution in [0.5, 0.6) is 0 Å². The highest BCUT2D eigenvalue weighted by Crippen LogP contribution is 2.58. The van der Waals surface area contributed by atoms with Crippen LogP contribution in [0.25, 0.3) is 27.5 Å². The lowest BCUT2D eigenvalue weighted by molar-refractivity contribution is 0.631. The summed E-state index contributed by atoms with van der Waals surface area (Å²) in [5, 5.41) is 2.52. The topological polar surface area (TPSA) is 37.2 Å². The Morgan fingerprint density at radius 2 is 0.951 bits per heavy atom. The Labute approximate surface area is 355 Å². The molecule has 0 N–H and O–H groups in total. The zero-order chi connectivity index (χ0) is 40.7. The first-order valence-corrected chi connectivity index (χ1v) is 21.0. The molecule has 10 aromatic rings. The minimum absolute atomic E-state index is 0.261. The van der Waals surface area contributed by atoms with E-state index in [0.717, 1.165) is 45.5 Å². The van der Waals surface area contributed by atoms with Gasteiger partial charge < -0.3 is 9.47 Å². The standard InChI is InChI=1S/C56H41N5/c1-55(2)44-23-11-15-27-50(44)60(52-31-29-40(35-47(52)55)59-48-25-13-9-21-42(48)43-22-10-14-26-49(43)59)41-30-32-54(58-36-41)61-51-28-16-12-24-45(51)56(38-17-5-3-6-18-38,39-19-7-4-8-20-39)46-33-34-57-37-53(46)61/h3-37H,1-2H3. The number of fused-ring (bicyclic) bond motifs is 7. The van der Waals surface area contributed by atoms with Crippen molar-refractivity contribution in [2.45, 2.75) is 24.7 Å². The second-order valence-corrected chi connectivity index (χ2v) is 16.7. The van der Waals surface area contributed by atoms with Gasteiger partial charge >= 0.3 is 0 Å². The van der Waals surface area contributed by atoms with Crippen LogP contribution in [0.15, 0.2) is 213 Å². The number of para-hydroxylation sites is 4. The maximum atomic E-state index is 5.33. The SMILES string of the molecule is CC1(C)c2ccccc2N(c2ccc(N3c4ccccc4C(c4ccccc4)(c4ccccc4)c4ccncc43)nc2)c2ccc(-n3c4ccccc4c4ccccc43)cc21. The Hall–Kier alpha value is -7.76. The second-order valence-electron chi connectivity index (χ2n) is 16.7. The zero-order valence-corrected chi connectivity index (χ0v) is 33.9. The van der Waals surface area contributed by atoms with Crippen molar-refractivity contribution >= 4 is 56.1 Å². The molecular formula is C56H41N5. The fourth-order valence-electron chi connectivity index (χ4n) is 10.5. The molecule has 290 valence electrons. The number of benzene rings is 7. The number of hydrogen-bond donors (Lipinski definition) is 0. The van der Waals surface area contributed by atoms with Crippen LogP contribution in [0.3, 0.4) is 0 Å². The summed E-state index contributed by atoms with van der Waals surface area (Å²) in [7, 11) is 0. The first-order valence-electron chi connectivity index (χ1n) is 21.0. The van der Waals surface area contributed by atoms with Crippen LogP contribution in [0.4, 0.5) is 34.3 Å². The minimum atomic E-state index is -0.570. The van der Waals surface area contributed by atoms with E-state index >= 15 is 0 Å². The number of pyridine rings is 2. The lowest BCUT2D eigenvalue weighted by Crippen LogP contribution is -2.38. The van der Waals surface area contributed by atoms with Gasteiger partial charge in [-0.25, -0.2) is 4.98 Å². The maximum Gasteiger partial charge on any atom is 0.137 e. The number of anilines is 6. The summed E-state index contributed by atoms with van der Waals surface area (Å²) in [5.74, 6) is 0.827. The normalized spacial score (nSPS) is 14.6. The minimum Gasteiger partial charge on any atom is -0.309 e. The van der Waals surface area contributed by atoms with E-state index in [1.807, 2.05) is 18.6 Å². The zero-order valence-electron chi connectivity index (χ0n) is 33.9. The summed E-state index contributed by atoms with van der Waals surface area (Å²) < 4.78 is 2.41. The first-order chi connectivity index (χ1) is 30.0. The lowest BCUT2D eigenvalue weighted by Gasteiger charge is -2.46. The smallest absolute Gasteiger partial charge is 0.137 e. The van der Waals surface area contributed by atoms with Crippen LogP contribution in [0.2, 0.25) is 0 Å². The molecule has 2 aliphatic rings. The van der Waals surface area contributed by atoms with Gasteiger partial charge in [0.1, 0.15) is 5.82 Å². The third kappa shape index (κ3) is 5.01. The van der Waals surface area contributed by atoms with Crippen LogP contribution >= 0.6 is 0 Å². The van der Waals surface area contributed by atoms with Gasteiger partial charge in [-0.1, -0.05) is 147 Å². The van der Waals surface area contributed by atoms with Crippen LogP contribution < -0.4 is 9.80 Å². The molecule has 0 saturated carbocycles. The number of hydrogen-bond acceptors (Lipinski definition) is 4. The number of aromatic nitrogens is 3. The third-order valence-electron chi connectivity index (χ3n) is 13.2. The number of rotatable bonds is 5. The fourth-order valence-corrected chi connectivity index (χ4v) is 10.5. The highest BCUT2D eigenvalue weighted by atomic mass is 15.2. The Balaban J connectivity index is 1.01. The largest absolute Gasteiger partial charge is 0.309 e. The van der Waals surface area contributed by atoms with Gasteiger partial charge in [0, 0.05) is 28.1 Å². The summed E-state index contributed by atoms with van der Waals surface area (Å²) in [4.78, 5) is 14.7. The Bertz CT molecular complexity index is 3150. The van der Waals surface area contributed by atoms with E-state index in [4.69, 9.17) is 9.97 Å². The summed E-state index contributed by atoms with van der Waals surface area (Å²) in [6.45, 7) is 4.70. The van der Waals surface area contributed by atoms with E-state index < -0.39 is 5.41 Å². The van der Waals surface area contributed by atoms with Gasteiger partial charge in [0.2, 0.25) is 0 Å². The summed E-state index contributed by atoms with van der Waals surface area (Å²) in [6.07, 6.45) is 5.95. The van der Waals surface area contributed by atoms with Gasteiger partial charge in [-0.2, -0.15) is 0 Å². The Morgan fingerprint density at radius 3 is 1.61 bits per heavy atom. The van der Waals surface area contributed by atoms with E-state index in [1.54, 1.807) is 0 Å². The average Bonchev–Trinajstić information content (AvgIpc) is 3.66. The van der Waals surface area contributed by atoms with Crippen molar-refractivity contribution in [3.8, 4) is 5.69 Å². The Morgan fingerprint density at radius 1 is 0.410 bits per heavy atom. The Kier molecular flexibility index (Phi) is 7.72. The molecular weight excluding hydrogens is 743 g/mol. The molecule has 0 amide bonds. The average molecular weight is 784 g/mol. The van der Waals surface area contributed by atoms with E-state index in [0.29, 0.717) is 0 Å². The van der Waals surface area contributed by atoms with Crippen molar-refractivity contribution in [1.29, 1.82) is 0 Å². The molecule has 0 radical (unpaired) electrons.